The molecule has 0 heterocycles. The van der Waals surface area contributed by atoms with E-state index in [1.807, 2.05) is 4.90 Å². The predicted molar refractivity (Wildman–Crippen MR) is 115 cm³/mol. The minimum absolute atomic E-state index is 0.0185. The zero-order chi connectivity index (χ0) is 22.3. The summed E-state index contributed by atoms with van der Waals surface area (Å²) in [5.41, 5.74) is 2.22. The van der Waals surface area contributed by atoms with Crippen molar-refractivity contribution in [1.29, 1.82) is 0 Å². The van der Waals surface area contributed by atoms with Crippen molar-refractivity contribution in [3.05, 3.63) is 24.3 Å². The fourth-order valence-electron chi connectivity index (χ4n) is 2.40. The van der Waals surface area contributed by atoms with Crippen LogP contribution in [-0.2, 0) is 14.6 Å². The molecular formula is C21H32N2O5S. The first-order valence-corrected chi connectivity index (χ1v) is 11.3. The van der Waals surface area contributed by atoms with Crippen molar-refractivity contribution in [2.75, 3.05) is 32.5 Å². The standard InChI is InChI=1S/C21H32N2O5S/c1-5-7-15-23(16-14-21(3,20(25)22-26)29(4,27)28)18-19(12-6-2)13-10-8-9-11-17-24/h6,12,24,26H,2,5,7,11,14-18H2,1,3-4H3,(H,22,25)/b19-12-. The summed E-state index contributed by atoms with van der Waals surface area (Å²) in [7, 11) is -3.75. The van der Waals surface area contributed by atoms with E-state index in [4.69, 9.17) is 10.3 Å². The molecule has 0 fully saturated rings. The van der Waals surface area contributed by atoms with Gasteiger partial charge in [-0.15, -0.1) is 0 Å². The molecule has 0 saturated heterocycles. The summed E-state index contributed by atoms with van der Waals surface area (Å²) in [6.45, 7) is 8.49. The van der Waals surface area contributed by atoms with Gasteiger partial charge in [-0.1, -0.05) is 37.8 Å². The van der Waals surface area contributed by atoms with Gasteiger partial charge in [-0.2, -0.15) is 0 Å². The van der Waals surface area contributed by atoms with Crippen molar-refractivity contribution in [1.82, 2.24) is 10.4 Å². The van der Waals surface area contributed by atoms with E-state index in [-0.39, 0.29) is 13.0 Å². The Kier molecular flexibility index (Phi) is 13.0. The van der Waals surface area contributed by atoms with E-state index in [2.05, 4.69) is 37.2 Å². The van der Waals surface area contributed by atoms with E-state index in [9.17, 15) is 13.2 Å². The molecule has 1 atom stereocenters. The molecule has 0 aliphatic carbocycles. The average molecular weight is 425 g/mol. The second-order valence-electron chi connectivity index (χ2n) is 6.78. The van der Waals surface area contributed by atoms with Gasteiger partial charge in [-0.05, 0) is 44.2 Å². The van der Waals surface area contributed by atoms with E-state index in [0.29, 0.717) is 26.1 Å². The van der Waals surface area contributed by atoms with Crippen molar-refractivity contribution in [2.24, 2.45) is 0 Å². The second-order valence-corrected chi connectivity index (χ2v) is 9.22. The van der Waals surface area contributed by atoms with Crippen LogP contribution in [0.25, 0.3) is 0 Å². The average Bonchev–Trinajstić information content (AvgIpc) is 2.67. The molecular weight excluding hydrogens is 392 g/mol. The quantitative estimate of drug-likeness (QED) is 0.189. The van der Waals surface area contributed by atoms with Crippen LogP contribution in [0.15, 0.2) is 24.3 Å². The summed E-state index contributed by atoms with van der Waals surface area (Å²) in [5.74, 6) is 10.1. The maximum Gasteiger partial charge on any atom is 0.264 e. The van der Waals surface area contributed by atoms with Gasteiger partial charge in [0.05, 0.1) is 6.61 Å². The highest BCUT2D eigenvalue weighted by Crippen LogP contribution is 2.22. The van der Waals surface area contributed by atoms with E-state index in [1.54, 1.807) is 12.2 Å². The summed E-state index contributed by atoms with van der Waals surface area (Å²) in [4.78, 5) is 14.0. The van der Waals surface area contributed by atoms with Gasteiger partial charge >= 0.3 is 0 Å². The number of hydroxylamine groups is 1. The Labute approximate surface area is 174 Å². The van der Waals surface area contributed by atoms with Gasteiger partial charge in [-0.25, -0.2) is 13.9 Å². The number of unbranched alkanes of at least 4 members (excludes halogenated alkanes) is 1. The zero-order valence-electron chi connectivity index (χ0n) is 17.5. The third-order valence-corrected chi connectivity index (χ3v) is 6.48. The van der Waals surface area contributed by atoms with Gasteiger partial charge in [0.1, 0.15) is 0 Å². The van der Waals surface area contributed by atoms with Crippen molar-refractivity contribution < 1.29 is 23.5 Å². The molecule has 29 heavy (non-hydrogen) atoms. The van der Waals surface area contributed by atoms with Gasteiger partial charge < -0.3 is 5.11 Å². The van der Waals surface area contributed by atoms with Crippen LogP contribution in [0.4, 0.5) is 0 Å². The van der Waals surface area contributed by atoms with Crippen molar-refractivity contribution in [3.8, 4) is 23.7 Å². The van der Waals surface area contributed by atoms with Crippen LogP contribution in [0.1, 0.15) is 39.5 Å². The molecule has 8 heteroatoms. The highest BCUT2D eigenvalue weighted by Gasteiger charge is 2.43. The maximum absolute atomic E-state index is 12.2. The fourth-order valence-corrected chi connectivity index (χ4v) is 3.24. The molecule has 0 aliphatic rings. The number of carbonyl (C=O) groups is 1. The summed E-state index contributed by atoms with van der Waals surface area (Å²) < 4.78 is 22.6. The fraction of sp³-hybridized carbons (Fsp3) is 0.571. The summed E-state index contributed by atoms with van der Waals surface area (Å²) in [6.07, 6.45) is 6.58. The molecule has 3 N–H and O–H groups in total. The number of nitrogens with zero attached hydrogens (tertiary/aromatic N) is 1. The van der Waals surface area contributed by atoms with Crippen LogP contribution < -0.4 is 5.48 Å². The van der Waals surface area contributed by atoms with Crippen LogP contribution in [-0.4, -0.2) is 66.8 Å². The number of amides is 1. The highest BCUT2D eigenvalue weighted by molar-refractivity contribution is 7.92. The van der Waals surface area contributed by atoms with Gasteiger partial charge in [-0.3, -0.25) is 14.9 Å². The number of nitrogens with one attached hydrogen (secondary N) is 1. The molecule has 0 saturated carbocycles. The van der Waals surface area contributed by atoms with Crippen molar-refractivity contribution in [3.63, 3.8) is 0 Å². The molecule has 1 amide bonds. The molecule has 0 aliphatic heterocycles. The van der Waals surface area contributed by atoms with Crippen LogP contribution >= 0.6 is 0 Å². The summed E-state index contributed by atoms with van der Waals surface area (Å²) >= 11 is 0. The monoisotopic (exact) mass is 424 g/mol. The highest BCUT2D eigenvalue weighted by atomic mass is 32.2. The first-order valence-electron chi connectivity index (χ1n) is 9.44. The first-order chi connectivity index (χ1) is 13.7. The number of aliphatic hydroxyl groups excluding tert-OH is 1. The molecule has 7 nitrogen and oxygen atoms in total. The predicted octanol–water partition coefficient (Wildman–Crippen LogP) is 1.29. The van der Waals surface area contributed by atoms with E-state index in [1.165, 1.54) is 12.4 Å². The molecule has 1 unspecified atom stereocenters. The van der Waals surface area contributed by atoms with E-state index >= 15 is 0 Å². The molecule has 0 aromatic heterocycles. The number of hydrogen-bond donors (Lipinski definition) is 3. The smallest absolute Gasteiger partial charge is 0.264 e. The lowest BCUT2D eigenvalue weighted by Gasteiger charge is -2.29. The third kappa shape index (κ3) is 9.78. The Bertz CT molecular complexity index is 796. The van der Waals surface area contributed by atoms with Gasteiger partial charge in [0, 0.05) is 31.3 Å². The molecule has 0 aromatic carbocycles. The molecule has 0 rings (SSSR count). The lowest BCUT2D eigenvalue weighted by molar-refractivity contribution is -0.131. The van der Waals surface area contributed by atoms with Crippen LogP contribution in [0.5, 0.6) is 0 Å². The lowest BCUT2D eigenvalue weighted by atomic mass is 10.1. The maximum atomic E-state index is 12.2. The molecule has 0 bridgehead atoms. The summed E-state index contributed by atoms with van der Waals surface area (Å²) in [5, 5.41) is 17.7. The Morgan fingerprint density at radius 3 is 2.52 bits per heavy atom. The van der Waals surface area contributed by atoms with Crippen molar-refractivity contribution >= 4 is 15.7 Å². The van der Waals surface area contributed by atoms with Gasteiger partial charge in [0.2, 0.25) is 0 Å². The number of rotatable bonds is 12. The molecule has 0 spiro atoms. The lowest BCUT2D eigenvalue weighted by Crippen LogP contribution is -2.51. The number of sulfone groups is 1. The van der Waals surface area contributed by atoms with Gasteiger partial charge in [0.25, 0.3) is 5.91 Å². The Hall–Kier alpha value is -2.10. The topological polar surface area (TPSA) is 107 Å². The molecule has 0 aromatic rings. The Balaban J connectivity index is 5.47. The minimum Gasteiger partial charge on any atom is -0.395 e. The first kappa shape index (κ1) is 26.9. The Morgan fingerprint density at radius 1 is 1.31 bits per heavy atom. The summed E-state index contributed by atoms with van der Waals surface area (Å²) in [6, 6.07) is 0. The van der Waals surface area contributed by atoms with Gasteiger partial charge in [0.15, 0.2) is 14.6 Å². The van der Waals surface area contributed by atoms with Crippen LogP contribution in [0.3, 0.4) is 0 Å². The van der Waals surface area contributed by atoms with E-state index in [0.717, 1.165) is 24.7 Å². The van der Waals surface area contributed by atoms with Crippen molar-refractivity contribution in [2.45, 2.75) is 44.3 Å². The number of allylic oxidation sites excluding steroid dienone is 2. The molecule has 0 radical (unpaired) electrons. The Morgan fingerprint density at radius 2 is 2.00 bits per heavy atom. The van der Waals surface area contributed by atoms with E-state index < -0.39 is 20.5 Å². The SMILES string of the molecule is C=C/C=C(/C#CC#CCCO)CN(CCCC)CCC(C)(C(=O)NO)S(C)(=O)=O. The number of hydrogen-bond acceptors (Lipinski definition) is 6. The zero-order valence-corrected chi connectivity index (χ0v) is 18.3. The molecule has 162 valence electrons. The third-order valence-electron chi connectivity index (χ3n) is 4.46. The second kappa shape index (κ2) is 14.0. The van der Waals surface area contributed by atoms with Crippen LogP contribution in [0.2, 0.25) is 0 Å². The minimum atomic E-state index is -3.75. The number of aliphatic hydroxyl groups is 1. The largest absolute Gasteiger partial charge is 0.395 e. The van der Waals surface area contributed by atoms with Crippen LogP contribution in [0, 0.1) is 23.7 Å². The number of carbonyl (C=O) groups excluding carboxylic acids is 1. The normalized spacial score (nSPS) is 13.5.